The number of nitrogens with one attached hydrogen (secondary N) is 1. The van der Waals surface area contributed by atoms with Crippen molar-refractivity contribution in [3.05, 3.63) is 35.9 Å². The molecule has 28 heavy (non-hydrogen) atoms. The van der Waals surface area contributed by atoms with Gasteiger partial charge in [-0.3, -0.25) is 4.79 Å². The van der Waals surface area contributed by atoms with E-state index in [1.165, 1.54) is 4.31 Å². The second-order valence-electron chi connectivity index (χ2n) is 7.43. The number of ether oxygens (including phenoxy) is 2. The average Bonchev–Trinajstić information content (AvgIpc) is 2.63. The number of rotatable bonds is 5. The van der Waals surface area contributed by atoms with Crippen molar-refractivity contribution in [2.45, 2.75) is 50.2 Å². The van der Waals surface area contributed by atoms with Crippen LogP contribution in [0.4, 0.5) is 0 Å². The van der Waals surface area contributed by atoms with Crippen LogP contribution in [0.5, 0.6) is 0 Å². The summed E-state index contributed by atoms with van der Waals surface area (Å²) in [5.74, 6) is -0.102. The SMILES string of the molecule is CS(=O)(=O)N1C[C@H](O)COC[C@H]2O[C@@H](CC(=O)NCc3ccccc3)CC[C@@H]21. The van der Waals surface area contributed by atoms with E-state index >= 15 is 0 Å². The molecule has 0 spiro atoms. The van der Waals surface area contributed by atoms with Crippen LogP contribution < -0.4 is 5.32 Å². The molecule has 4 atom stereocenters. The van der Waals surface area contributed by atoms with Crippen molar-refractivity contribution in [3.8, 4) is 0 Å². The number of aliphatic hydroxyl groups is 1. The predicted octanol–water partition coefficient (Wildman–Crippen LogP) is 0.262. The molecule has 1 aromatic carbocycles. The van der Waals surface area contributed by atoms with Gasteiger partial charge in [0, 0.05) is 13.1 Å². The van der Waals surface area contributed by atoms with E-state index < -0.39 is 28.3 Å². The molecule has 2 heterocycles. The zero-order chi connectivity index (χ0) is 20.1. The maximum atomic E-state index is 12.3. The lowest BCUT2D eigenvalue weighted by Gasteiger charge is -2.43. The number of carbonyl (C=O) groups excluding carboxylic acids is 1. The monoisotopic (exact) mass is 412 g/mol. The quantitative estimate of drug-likeness (QED) is 0.719. The van der Waals surface area contributed by atoms with Gasteiger partial charge < -0.3 is 19.9 Å². The number of β-amino-alcohol motifs (C(OH)–C–C–N with tert-alkyl or cyclic N) is 1. The second kappa shape index (κ2) is 9.32. The first-order valence-electron chi connectivity index (χ1n) is 9.51. The lowest BCUT2D eigenvalue weighted by molar-refractivity contribution is -0.146. The Morgan fingerprint density at radius 2 is 2.00 bits per heavy atom. The van der Waals surface area contributed by atoms with E-state index in [0.717, 1.165) is 11.8 Å². The van der Waals surface area contributed by atoms with Crippen molar-refractivity contribution < 1.29 is 27.8 Å². The number of hydrogen-bond donors (Lipinski definition) is 2. The summed E-state index contributed by atoms with van der Waals surface area (Å²) < 4.78 is 37.2. The third kappa shape index (κ3) is 5.74. The van der Waals surface area contributed by atoms with Crippen molar-refractivity contribution >= 4 is 15.9 Å². The fourth-order valence-corrected chi connectivity index (χ4v) is 4.93. The molecule has 0 aliphatic carbocycles. The summed E-state index contributed by atoms with van der Waals surface area (Å²) in [5, 5.41) is 12.8. The van der Waals surface area contributed by atoms with Crippen LogP contribution >= 0.6 is 0 Å². The molecule has 2 aliphatic rings. The molecule has 0 bridgehead atoms. The molecule has 9 heteroatoms. The Bertz CT molecular complexity index is 757. The summed E-state index contributed by atoms with van der Waals surface area (Å²) in [4.78, 5) is 12.3. The van der Waals surface area contributed by atoms with Gasteiger partial charge in [0.05, 0.1) is 50.2 Å². The van der Waals surface area contributed by atoms with Crippen molar-refractivity contribution in [3.63, 3.8) is 0 Å². The maximum absolute atomic E-state index is 12.3. The largest absolute Gasteiger partial charge is 0.389 e. The average molecular weight is 413 g/mol. The zero-order valence-electron chi connectivity index (χ0n) is 16.0. The van der Waals surface area contributed by atoms with Crippen LogP contribution in [0.25, 0.3) is 0 Å². The Balaban J connectivity index is 1.57. The Kier molecular flexibility index (Phi) is 7.05. The molecule has 1 amide bonds. The number of fused-ring (bicyclic) bond motifs is 1. The Labute approximate surface area is 165 Å². The molecule has 8 nitrogen and oxygen atoms in total. The van der Waals surface area contributed by atoms with Crippen LogP contribution in [0.15, 0.2) is 30.3 Å². The summed E-state index contributed by atoms with van der Waals surface area (Å²) in [6, 6.07) is 9.27. The van der Waals surface area contributed by atoms with Crippen molar-refractivity contribution in [1.82, 2.24) is 9.62 Å². The number of aliphatic hydroxyl groups excluding tert-OH is 1. The first-order valence-corrected chi connectivity index (χ1v) is 11.4. The van der Waals surface area contributed by atoms with Crippen LogP contribution in [0.1, 0.15) is 24.8 Å². The minimum atomic E-state index is -3.49. The Hall–Kier alpha value is -1.52. The molecule has 2 aliphatic heterocycles. The second-order valence-corrected chi connectivity index (χ2v) is 9.37. The topological polar surface area (TPSA) is 105 Å². The number of sulfonamides is 1. The van der Waals surface area contributed by atoms with E-state index in [-0.39, 0.29) is 38.2 Å². The normalized spacial score (nSPS) is 29.4. The molecule has 2 N–H and O–H groups in total. The highest BCUT2D eigenvalue weighted by molar-refractivity contribution is 7.88. The number of amides is 1. The fourth-order valence-electron chi connectivity index (χ4n) is 3.75. The van der Waals surface area contributed by atoms with Gasteiger partial charge in [-0.05, 0) is 18.4 Å². The highest BCUT2D eigenvalue weighted by Gasteiger charge is 2.41. The van der Waals surface area contributed by atoms with Crippen molar-refractivity contribution in [1.29, 1.82) is 0 Å². The van der Waals surface area contributed by atoms with Crippen LogP contribution in [0.3, 0.4) is 0 Å². The molecule has 156 valence electrons. The minimum absolute atomic E-state index is 0.00834. The number of nitrogens with zero attached hydrogens (tertiary/aromatic N) is 1. The molecule has 2 saturated heterocycles. The van der Waals surface area contributed by atoms with Gasteiger partial charge in [-0.2, -0.15) is 4.31 Å². The smallest absolute Gasteiger partial charge is 0.222 e. The standard InChI is InChI=1S/C19H28N2O6S/c1-28(24,25)21-11-15(22)12-26-13-18-17(21)8-7-16(27-18)9-19(23)20-10-14-5-3-2-4-6-14/h2-6,15-18,22H,7-13H2,1H3,(H,20,23)/t15-,16+,17-,18+/m0/s1. The lowest BCUT2D eigenvalue weighted by atomic mass is 9.96. The third-order valence-corrected chi connectivity index (χ3v) is 6.38. The summed E-state index contributed by atoms with van der Waals surface area (Å²) in [7, 11) is -3.49. The molecular formula is C19H28N2O6S. The summed E-state index contributed by atoms with van der Waals surface area (Å²) in [6.45, 7) is 0.698. The minimum Gasteiger partial charge on any atom is -0.389 e. The third-order valence-electron chi connectivity index (χ3n) is 5.11. The van der Waals surface area contributed by atoms with Gasteiger partial charge >= 0.3 is 0 Å². The molecule has 3 rings (SSSR count). The van der Waals surface area contributed by atoms with Gasteiger partial charge in [0.25, 0.3) is 0 Å². The van der Waals surface area contributed by atoms with Gasteiger partial charge in [-0.15, -0.1) is 0 Å². The van der Waals surface area contributed by atoms with Gasteiger partial charge in [0.15, 0.2) is 0 Å². The summed E-state index contributed by atoms with van der Waals surface area (Å²) >= 11 is 0. The Morgan fingerprint density at radius 3 is 2.71 bits per heavy atom. The highest BCUT2D eigenvalue weighted by atomic mass is 32.2. The van der Waals surface area contributed by atoms with Crippen LogP contribution in [0.2, 0.25) is 0 Å². The number of hydrogen-bond acceptors (Lipinski definition) is 6. The van der Waals surface area contributed by atoms with Crippen molar-refractivity contribution in [2.24, 2.45) is 0 Å². The van der Waals surface area contributed by atoms with Crippen LogP contribution in [0, 0.1) is 0 Å². The molecule has 0 unspecified atom stereocenters. The lowest BCUT2D eigenvalue weighted by Crippen LogP contribution is -2.57. The molecular weight excluding hydrogens is 384 g/mol. The molecule has 2 fully saturated rings. The van der Waals surface area contributed by atoms with E-state index in [9.17, 15) is 18.3 Å². The Morgan fingerprint density at radius 1 is 1.25 bits per heavy atom. The fraction of sp³-hybridized carbons (Fsp3) is 0.632. The number of carbonyl (C=O) groups is 1. The highest BCUT2D eigenvalue weighted by Crippen LogP contribution is 2.29. The van der Waals surface area contributed by atoms with Crippen molar-refractivity contribution in [2.75, 3.05) is 26.0 Å². The molecule has 1 aromatic rings. The van der Waals surface area contributed by atoms with E-state index in [1.807, 2.05) is 30.3 Å². The van der Waals surface area contributed by atoms with Gasteiger partial charge in [-0.25, -0.2) is 8.42 Å². The zero-order valence-corrected chi connectivity index (χ0v) is 16.8. The first-order chi connectivity index (χ1) is 13.3. The van der Waals surface area contributed by atoms with Gasteiger partial charge in [-0.1, -0.05) is 30.3 Å². The molecule has 0 saturated carbocycles. The van der Waals surface area contributed by atoms with Crippen LogP contribution in [-0.2, 0) is 30.8 Å². The van der Waals surface area contributed by atoms with E-state index in [1.54, 1.807) is 0 Å². The van der Waals surface area contributed by atoms with E-state index in [4.69, 9.17) is 9.47 Å². The van der Waals surface area contributed by atoms with Gasteiger partial charge in [0.1, 0.15) is 0 Å². The van der Waals surface area contributed by atoms with Crippen LogP contribution in [-0.4, -0.2) is 74.1 Å². The summed E-state index contributed by atoms with van der Waals surface area (Å²) in [5.41, 5.74) is 1.02. The maximum Gasteiger partial charge on any atom is 0.222 e. The van der Waals surface area contributed by atoms with Gasteiger partial charge in [0.2, 0.25) is 15.9 Å². The first kappa shape index (κ1) is 21.2. The predicted molar refractivity (Wildman–Crippen MR) is 103 cm³/mol. The molecule has 0 radical (unpaired) electrons. The van der Waals surface area contributed by atoms with E-state index in [2.05, 4.69) is 5.32 Å². The molecule has 0 aromatic heterocycles. The van der Waals surface area contributed by atoms with E-state index in [0.29, 0.717) is 19.4 Å². The number of benzene rings is 1. The summed E-state index contributed by atoms with van der Waals surface area (Å²) in [6.07, 6.45) is 0.887.